The second kappa shape index (κ2) is 9.34. The van der Waals surface area contributed by atoms with E-state index in [2.05, 4.69) is 13.2 Å². The third-order valence-corrected chi connectivity index (χ3v) is 4.85. The van der Waals surface area contributed by atoms with Gasteiger partial charge in [0.1, 0.15) is 17.3 Å². The average Bonchev–Trinajstić information content (AvgIpc) is 2.78. The van der Waals surface area contributed by atoms with Crippen LogP contribution in [-0.2, 0) is 9.59 Å². The van der Waals surface area contributed by atoms with Gasteiger partial charge in [0, 0.05) is 23.6 Å². The van der Waals surface area contributed by atoms with Crippen molar-refractivity contribution >= 4 is 17.5 Å². The summed E-state index contributed by atoms with van der Waals surface area (Å²) in [5.74, 6) is -3.61. The van der Waals surface area contributed by atoms with Crippen LogP contribution in [0.25, 0.3) is 5.57 Å². The van der Waals surface area contributed by atoms with Gasteiger partial charge in [-0.25, -0.2) is 18.4 Å². The van der Waals surface area contributed by atoms with Gasteiger partial charge in [-0.15, -0.1) is 0 Å². The summed E-state index contributed by atoms with van der Waals surface area (Å²) in [5, 5.41) is 0. The van der Waals surface area contributed by atoms with Crippen molar-refractivity contribution in [2.45, 2.75) is 12.8 Å². The third kappa shape index (κ3) is 4.86. The van der Waals surface area contributed by atoms with Crippen LogP contribution in [0.2, 0.25) is 0 Å². The summed E-state index contributed by atoms with van der Waals surface area (Å²) in [7, 11) is 0. The zero-order valence-electron chi connectivity index (χ0n) is 16.8. The van der Waals surface area contributed by atoms with Crippen LogP contribution in [-0.4, -0.2) is 11.9 Å². The highest BCUT2D eigenvalue weighted by molar-refractivity contribution is 5.84. The van der Waals surface area contributed by atoms with Crippen LogP contribution in [0.4, 0.5) is 8.78 Å². The lowest BCUT2D eigenvalue weighted by Gasteiger charge is -2.27. The summed E-state index contributed by atoms with van der Waals surface area (Å²) in [5.41, 5.74) is 1.16. The van der Waals surface area contributed by atoms with E-state index < -0.39 is 29.5 Å². The molecule has 1 aliphatic carbocycles. The minimum atomic E-state index is -0.943. The maximum Gasteiger partial charge on any atom is 0.335 e. The predicted molar refractivity (Wildman–Crippen MR) is 114 cm³/mol. The molecule has 0 radical (unpaired) electrons. The van der Waals surface area contributed by atoms with Crippen LogP contribution >= 0.6 is 0 Å². The topological polar surface area (TPSA) is 52.6 Å². The Morgan fingerprint density at radius 1 is 0.871 bits per heavy atom. The van der Waals surface area contributed by atoms with Crippen molar-refractivity contribution in [2.75, 3.05) is 0 Å². The lowest BCUT2D eigenvalue weighted by Crippen LogP contribution is -2.15. The molecule has 0 aliphatic heterocycles. The molecule has 0 N–H and O–H groups in total. The van der Waals surface area contributed by atoms with Crippen molar-refractivity contribution in [1.82, 2.24) is 0 Å². The summed E-state index contributed by atoms with van der Waals surface area (Å²) in [6, 6.07) is 12.4. The standard InChI is InChI=1S/C25H20F2O4/c1-4-21(28)30-18-10-6-16(7-11-18)20-14-15(3)23(25(27)24(20)26)17-8-12-19(13-9-17)31-22(29)5-2/h4-15,23H,1-2H2,3H3. The van der Waals surface area contributed by atoms with Crippen LogP contribution < -0.4 is 9.47 Å². The molecule has 0 spiro atoms. The Hall–Kier alpha value is -3.80. The summed E-state index contributed by atoms with van der Waals surface area (Å²) in [6.45, 7) is 8.44. The number of hydrogen-bond acceptors (Lipinski definition) is 4. The number of rotatable bonds is 6. The van der Waals surface area contributed by atoms with Gasteiger partial charge in [0.2, 0.25) is 0 Å². The van der Waals surface area contributed by atoms with Gasteiger partial charge in [-0.3, -0.25) is 0 Å². The normalized spacial score (nSPS) is 18.1. The Kier molecular flexibility index (Phi) is 6.60. The van der Waals surface area contributed by atoms with Gasteiger partial charge in [0.15, 0.2) is 5.83 Å². The molecule has 2 unspecified atom stereocenters. The lowest BCUT2D eigenvalue weighted by atomic mass is 9.79. The summed E-state index contributed by atoms with van der Waals surface area (Å²) < 4.78 is 40.0. The summed E-state index contributed by atoms with van der Waals surface area (Å²) >= 11 is 0. The summed E-state index contributed by atoms with van der Waals surface area (Å²) in [4.78, 5) is 22.5. The van der Waals surface area contributed by atoms with Crippen LogP contribution in [0.3, 0.4) is 0 Å². The highest BCUT2D eigenvalue weighted by Crippen LogP contribution is 2.45. The number of benzene rings is 2. The highest BCUT2D eigenvalue weighted by atomic mass is 19.2. The van der Waals surface area contributed by atoms with Gasteiger partial charge in [0.25, 0.3) is 0 Å². The van der Waals surface area contributed by atoms with E-state index in [4.69, 9.17) is 9.47 Å². The summed E-state index contributed by atoms with van der Waals surface area (Å²) in [6.07, 6.45) is 3.74. The Morgan fingerprint density at radius 2 is 1.35 bits per heavy atom. The minimum absolute atomic E-state index is 0.138. The molecule has 1 aliphatic rings. The van der Waals surface area contributed by atoms with Crippen molar-refractivity contribution < 1.29 is 27.8 Å². The fourth-order valence-electron chi connectivity index (χ4n) is 3.36. The smallest absolute Gasteiger partial charge is 0.335 e. The maximum absolute atomic E-state index is 15.1. The predicted octanol–water partition coefficient (Wildman–Crippen LogP) is 5.84. The largest absolute Gasteiger partial charge is 0.423 e. The highest BCUT2D eigenvalue weighted by Gasteiger charge is 2.32. The van der Waals surface area contributed by atoms with Crippen molar-refractivity contribution in [1.29, 1.82) is 0 Å². The van der Waals surface area contributed by atoms with E-state index >= 15 is 4.39 Å². The molecule has 0 saturated carbocycles. The first-order chi connectivity index (χ1) is 14.8. The molecule has 0 aromatic heterocycles. The molecular weight excluding hydrogens is 402 g/mol. The molecular formula is C25H20F2O4. The number of allylic oxidation sites excluding steroid dienone is 4. The van der Waals surface area contributed by atoms with Gasteiger partial charge in [-0.2, -0.15) is 0 Å². The van der Waals surface area contributed by atoms with Crippen LogP contribution in [0.1, 0.15) is 24.0 Å². The van der Waals surface area contributed by atoms with E-state index in [1.165, 1.54) is 24.3 Å². The molecule has 0 fully saturated rings. The van der Waals surface area contributed by atoms with Gasteiger partial charge < -0.3 is 9.47 Å². The maximum atomic E-state index is 15.1. The van der Waals surface area contributed by atoms with Crippen molar-refractivity contribution in [3.8, 4) is 11.5 Å². The Morgan fingerprint density at radius 3 is 1.84 bits per heavy atom. The Labute approximate surface area is 178 Å². The molecule has 3 rings (SSSR count). The van der Waals surface area contributed by atoms with E-state index in [9.17, 15) is 14.0 Å². The average molecular weight is 422 g/mol. The van der Waals surface area contributed by atoms with Crippen LogP contribution in [0, 0.1) is 5.92 Å². The first kappa shape index (κ1) is 21.9. The van der Waals surface area contributed by atoms with Gasteiger partial charge in [-0.1, -0.05) is 50.4 Å². The number of esters is 2. The number of halogens is 2. The van der Waals surface area contributed by atoms with Crippen molar-refractivity contribution in [3.63, 3.8) is 0 Å². The first-order valence-corrected chi connectivity index (χ1v) is 9.50. The van der Waals surface area contributed by atoms with Gasteiger partial charge in [0.05, 0.1) is 0 Å². The van der Waals surface area contributed by atoms with E-state index in [0.717, 1.165) is 12.2 Å². The zero-order valence-corrected chi connectivity index (χ0v) is 16.8. The van der Waals surface area contributed by atoms with E-state index in [1.54, 1.807) is 37.3 Å². The second-order valence-corrected chi connectivity index (χ2v) is 6.92. The molecule has 0 heterocycles. The van der Waals surface area contributed by atoms with Crippen molar-refractivity contribution in [2.24, 2.45) is 5.92 Å². The molecule has 6 heteroatoms. The molecule has 0 amide bonds. The Bertz CT molecular complexity index is 1080. The number of hydrogen-bond donors (Lipinski definition) is 0. The number of ether oxygens (including phenoxy) is 2. The molecule has 31 heavy (non-hydrogen) atoms. The molecule has 158 valence electrons. The molecule has 4 nitrogen and oxygen atoms in total. The van der Waals surface area contributed by atoms with E-state index in [0.29, 0.717) is 11.1 Å². The quantitative estimate of drug-likeness (QED) is 0.334. The van der Waals surface area contributed by atoms with Crippen molar-refractivity contribution in [3.05, 3.63) is 103 Å². The number of carbonyl (C=O) groups excluding carboxylic acids is 2. The first-order valence-electron chi connectivity index (χ1n) is 9.50. The molecule has 2 atom stereocenters. The van der Waals surface area contributed by atoms with Crippen LogP contribution in [0.5, 0.6) is 11.5 Å². The third-order valence-electron chi connectivity index (χ3n) is 4.85. The second-order valence-electron chi connectivity index (χ2n) is 6.92. The molecule has 2 aromatic rings. The fraction of sp³-hybridized carbons (Fsp3) is 0.120. The molecule has 0 saturated heterocycles. The lowest BCUT2D eigenvalue weighted by molar-refractivity contribution is -0.129. The van der Waals surface area contributed by atoms with Gasteiger partial charge in [-0.05, 0) is 41.3 Å². The zero-order chi connectivity index (χ0) is 22.5. The fourth-order valence-corrected chi connectivity index (χ4v) is 3.36. The van der Waals surface area contributed by atoms with E-state index in [1.807, 2.05) is 0 Å². The van der Waals surface area contributed by atoms with Crippen LogP contribution in [0.15, 0.2) is 91.6 Å². The van der Waals surface area contributed by atoms with E-state index in [-0.39, 0.29) is 23.0 Å². The number of carbonyl (C=O) groups is 2. The monoisotopic (exact) mass is 422 g/mol. The molecule has 2 aromatic carbocycles. The van der Waals surface area contributed by atoms with Gasteiger partial charge >= 0.3 is 11.9 Å². The molecule has 0 bridgehead atoms. The minimum Gasteiger partial charge on any atom is -0.423 e. The SMILES string of the molecule is C=CC(=O)Oc1ccc(C2=CC(C)C(c3ccc(OC(=O)C=C)cc3)C(F)=C2F)cc1. The Balaban J connectivity index is 1.83.